The monoisotopic (exact) mass is 1030 g/mol. The summed E-state index contributed by atoms with van der Waals surface area (Å²) in [5.74, 6) is 0.176. The van der Waals surface area contributed by atoms with E-state index in [1.165, 1.54) is 28.8 Å². The molecule has 0 bridgehead atoms. The highest BCUT2D eigenvalue weighted by Gasteiger charge is 2.50. The second-order valence-electron chi connectivity index (χ2n) is 22.3. The van der Waals surface area contributed by atoms with E-state index in [1.807, 2.05) is 29.9 Å². The zero-order valence-corrected chi connectivity index (χ0v) is 44.0. The highest BCUT2D eigenvalue weighted by atomic mass is 32.2. The Hall–Kier alpha value is -6.34. The van der Waals surface area contributed by atoms with Gasteiger partial charge in [0.2, 0.25) is 0 Å². The number of pyridine rings is 1. The van der Waals surface area contributed by atoms with Gasteiger partial charge in [-0.15, -0.1) is 0 Å². The maximum Gasteiger partial charge on any atom is 0.293 e. The fourth-order valence-electron chi connectivity index (χ4n) is 11.9. The van der Waals surface area contributed by atoms with Crippen LogP contribution in [0.25, 0.3) is 11.0 Å². The van der Waals surface area contributed by atoms with E-state index in [4.69, 9.17) is 4.74 Å². The topological polar surface area (TPSA) is 204 Å². The molecule has 74 heavy (non-hydrogen) atoms. The van der Waals surface area contributed by atoms with Crippen molar-refractivity contribution in [1.82, 2.24) is 34.3 Å². The molecule has 1 unspecified atom stereocenters. The maximum absolute atomic E-state index is 14.1. The number of nitrogens with one attached hydrogen (secondary N) is 3. The van der Waals surface area contributed by atoms with Crippen LogP contribution in [0.2, 0.25) is 0 Å². The van der Waals surface area contributed by atoms with Gasteiger partial charge in [-0.05, 0) is 137 Å². The number of nitro groups is 1. The third kappa shape index (κ3) is 11.0. The number of benzene rings is 3. The lowest BCUT2D eigenvalue weighted by molar-refractivity contribution is -0.384. The number of anilines is 2. The van der Waals surface area contributed by atoms with Gasteiger partial charge in [0.25, 0.3) is 21.6 Å². The number of H-pyrrole nitrogens is 1. The van der Waals surface area contributed by atoms with Crippen LogP contribution in [0.1, 0.15) is 131 Å². The molecule has 3 aromatic heterocycles. The first-order valence-corrected chi connectivity index (χ1v) is 27.8. The van der Waals surface area contributed by atoms with Crippen LogP contribution in [0.5, 0.6) is 11.5 Å². The average Bonchev–Trinajstić information content (AvgIpc) is 4.05. The standard InChI is InChI=1S/C56H70N10O7S/c1-37(2)46-8-6-7-9-47(46)51-36-62(34-40-32-60-65(35-40)38(3)4)24-25-64(51)43-29-56(30-43)19-22-63(23-20-56)42-10-12-48(52(27-42)73-44-26-41-16-21-57-53(41)59-33-44)54(67)61-74(71,72)45-11-13-49(50(28-45)66(69)70)58-31-39-14-17-55(5,68)18-15-39/h6-13,16,21,26-28,32-33,35,37-39,43,51,58,68H,14-15,17-20,22-25,29-31,34,36H2,1-5H3,(H,57,59)(H,61,67). The molecule has 2 aliphatic heterocycles. The molecule has 1 atom stereocenters. The van der Waals surface area contributed by atoms with Gasteiger partial charge in [-0.25, -0.2) is 18.1 Å². The zero-order chi connectivity index (χ0) is 51.9. The first-order valence-electron chi connectivity index (χ1n) is 26.3. The Labute approximate surface area is 433 Å². The molecule has 4 aliphatic rings. The smallest absolute Gasteiger partial charge is 0.293 e. The Morgan fingerprint density at radius 3 is 2.46 bits per heavy atom. The Morgan fingerprint density at radius 2 is 1.73 bits per heavy atom. The second kappa shape index (κ2) is 20.8. The number of hydrogen-bond donors (Lipinski definition) is 4. The number of nitro benzene ring substituents is 1. The molecule has 18 heteroatoms. The van der Waals surface area contributed by atoms with Crippen LogP contribution in [-0.2, 0) is 16.6 Å². The van der Waals surface area contributed by atoms with Crippen LogP contribution in [0.15, 0.2) is 102 Å². The van der Waals surface area contributed by atoms with E-state index in [9.17, 15) is 28.4 Å². The number of carbonyl (C=O) groups is 1. The number of piperidine rings is 1. The molecule has 5 heterocycles. The summed E-state index contributed by atoms with van der Waals surface area (Å²) < 4.78 is 38.3. The number of fused-ring (bicyclic) bond motifs is 1. The number of ether oxygens (including phenoxy) is 1. The third-order valence-electron chi connectivity index (χ3n) is 16.3. The highest BCUT2D eigenvalue weighted by Crippen LogP contribution is 2.53. The summed E-state index contributed by atoms with van der Waals surface area (Å²) in [5.41, 5.74) is 4.86. The van der Waals surface area contributed by atoms with Gasteiger partial charge in [0.1, 0.15) is 22.8 Å². The maximum atomic E-state index is 14.1. The number of piperazine rings is 1. The van der Waals surface area contributed by atoms with Crippen molar-refractivity contribution in [3.8, 4) is 11.5 Å². The predicted octanol–water partition coefficient (Wildman–Crippen LogP) is 9.94. The van der Waals surface area contributed by atoms with Crippen LogP contribution in [-0.4, -0.2) is 105 Å². The summed E-state index contributed by atoms with van der Waals surface area (Å²) in [6.45, 7) is 16.6. The van der Waals surface area contributed by atoms with E-state index < -0.39 is 37.0 Å². The largest absolute Gasteiger partial charge is 0.455 e. The first-order chi connectivity index (χ1) is 35.4. The van der Waals surface area contributed by atoms with E-state index in [-0.39, 0.29) is 28.3 Å². The van der Waals surface area contributed by atoms with Gasteiger partial charge < -0.3 is 25.0 Å². The lowest BCUT2D eigenvalue weighted by Crippen LogP contribution is -2.60. The molecule has 1 amide bonds. The molecule has 10 rings (SSSR count). The van der Waals surface area contributed by atoms with Gasteiger partial charge in [0.05, 0.1) is 33.4 Å². The van der Waals surface area contributed by atoms with Crippen molar-refractivity contribution >= 4 is 44.0 Å². The molecule has 2 aliphatic carbocycles. The van der Waals surface area contributed by atoms with Crippen LogP contribution >= 0.6 is 0 Å². The summed E-state index contributed by atoms with van der Waals surface area (Å²) in [7, 11) is -4.59. The Kier molecular flexibility index (Phi) is 14.4. The van der Waals surface area contributed by atoms with Gasteiger partial charge in [-0.2, -0.15) is 5.10 Å². The summed E-state index contributed by atoms with van der Waals surface area (Å²) in [4.78, 5) is 40.5. The van der Waals surface area contributed by atoms with Crippen molar-refractivity contribution in [2.75, 3.05) is 49.5 Å². The zero-order valence-electron chi connectivity index (χ0n) is 43.2. The van der Waals surface area contributed by atoms with Crippen LogP contribution in [0, 0.1) is 21.4 Å². The third-order valence-corrected chi connectivity index (χ3v) is 17.7. The minimum Gasteiger partial charge on any atom is -0.455 e. The molecule has 1 spiro atoms. The van der Waals surface area contributed by atoms with Crippen molar-refractivity contribution < 1.29 is 28.0 Å². The number of aliphatic hydroxyl groups is 1. The van der Waals surface area contributed by atoms with Gasteiger partial charge >= 0.3 is 0 Å². The number of carbonyl (C=O) groups excluding carboxylic acids is 1. The highest BCUT2D eigenvalue weighted by molar-refractivity contribution is 7.90. The minimum absolute atomic E-state index is 0.0274. The summed E-state index contributed by atoms with van der Waals surface area (Å²) in [6.07, 6.45) is 14.6. The molecule has 2 saturated heterocycles. The van der Waals surface area contributed by atoms with Gasteiger partial charge in [-0.3, -0.25) is 29.4 Å². The molecule has 4 fully saturated rings. The van der Waals surface area contributed by atoms with Crippen molar-refractivity contribution in [3.63, 3.8) is 0 Å². The Morgan fingerprint density at radius 1 is 0.959 bits per heavy atom. The minimum atomic E-state index is -4.59. The number of amides is 1. The van der Waals surface area contributed by atoms with Gasteiger partial charge in [0.15, 0.2) is 0 Å². The van der Waals surface area contributed by atoms with Crippen molar-refractivity contribution in [2.45, 2.75) is 127 Å². The van der Waals surface area contributed by atoms with Crippen LogP contribution < -0.4 is 19.7 Å². The molecular formula is C56H70N10O7S. The number of sulfonamides is 1. The van der Waals surface area contributed by atoms with Gasteiger partial charge in [-0.1, -0.05) is 38.1 Å². The van der Waals surface area contributed by atoms with E-state index in [2.05, 4.69) is 98.0 Å². The molecule has 6 aromatic rings. The fraction of sp³-hybridized carbons (Fsp3) is 0.482. The van der Waals surface area contributed by atoms with Crippen molar-refractivity contribution in [2.24, 2.45) is 11.3 Å². The number of hydrogen-bond acceptors (Lipinski definition) is 13. The lowest BCUT2D eigenvalue weighted by atomic mass is 9.59. The van der Waals surface area contributed by atoms with E-state index in [0.29, 0.717) is 54.8 Å². The molecule has 2 saturated carbocycles. The molecule has 392 valence electrons. The number of rotatable bonds is 16. The number of aromatic amines is 1. The SMILES string of the molecule is CC(C)c1ccccc1C1CN(Cc2cnn(C(C)C)c2)CCN1C1CC2(CCN(c3ccc(C(=O)NS(=O)(=O)c4ccc(NCC5CCC(C)(O)CC5)c([N+](=O)[O-])c4)c(Oc4cnc5[nH]ccc5c4)c3)CC2)C1. The van der Waals surface area contributed by atoms with Crippen molar-refractivity contribution in [1.29, 1.82) is 0 Å². The first kappa shape index (κ1) is 51.2. The fourth-order valence-corrected chi connectivity index (χ4v) is 12.9. The predicted molar refractivity (Wildman–Crippen MR) is 286 cm³/mol. The summed E-state index contributed by atoms with van der Waals surface area (Å²) in [6, 6.07) is 22.5. The van der Waals surface area contributed by atoms with E-state index >= 15 is 0 Å². The lowest BCUT2D eigenvalue weighted by Gasteiger charge is -2.58. The molecule has 4 N–H and O–H groups in total. The summed E-state index contributed by atoms with van der Waals surface area (Å²) in [5, 5.41) is 31.1. The normalized spacial score (nSPS) is 21.8. The van der Waals surface area contributed by atoms with Crippen LogP contribution in [0.3, 0.4) is 0 Å². The Bertz CT molecular complexity index is 3110. The second-order valence-corrected chi connectivity index (χ2v) is 24.0. The molecule has 3 aromatic carbocycles. The quantitative estimate of drug-likeness (QED) is 0.0527. The average molecular weight is 1030 g/mol. The van der Waals surface area contributed by atoms with Gasteiger partial charge in [0, 0.05) is 105 Å². The van der Waals surface area contributed by atoms with Crippen LogP contribution in [0.4, 0.5) is 17.1 Å². The van der Waals surface area contributed by atoms with E-state index in [1.54, 1.807) is 30.6 Å². The Balaban J connectivity index is 0.830. The molecule has 0 radical (unpaired) electrons. The number of nitrogens with zero attached hydrogens (tertiary/aromatic N) is 7. The molecular weight excluding hydrogens is 957 g/mol. The summed E-state index contributed by atoms with van der Waals surface area (Å²) >= 11 is 0. The van der Waals surface area contributed by atoms with Crippen molar-refractivity contribution in [3.05, 3.63) is 130 Å². The number of aromatic nitrogens is 4. The molecule has 17 nitrogen and oxygen atoms in total. The van der Waals surface area contributed by atoms with E-state index in [0.717, 1.165) is 94.9 Å².